The molecule has 0 bridgehead atoms. The Labute approximate surface area is 117 Å². The van der Waals surface area contributed by atoms with Gasteiger partial charge in [0.25, 0.3) is 0 Å². The molecule has 104 valence electrons. The number of hydrogen-bond donors (Lipinski definition) is 1. The van der Waals surface area contributed by atoms with Crippen molar-refractivity contribution in [3.05, 3.63) is 65.5 Å². The monoisotopic (exact) mass is 273 g/mol. The van der Waals surface area contributed by atoms with Gasteiger partial charge in [0.15, 0.2) is 0 Å². The molecule has 20 heavy (non-hydrogen) atoms. The van der Waals surface area contributed by atoms with Gasteiger partial charge in [-0.25, -0.2) is 9.18 Å². The molecule has 3 nitrogen and oxygen atoms in total. The fourth-order valence-corrected chi connectivity index (χ4v) is 1.79. The molecule has 0 saturated heterocycles. The minimum absolute atomic E-state index is 0.183. The maximum atomic E-state index is 13.6. The van der Waals surface area contributed by atoms with E-state index in [1.165, 1.54) is 6.07 Å². The van der Waals surface area contributed by atoms with Crippen LogP contribution in [0, 0.1) is 5.82 Å². The first-order valence-electron chi connectivity index (χ1n) is 6.45. The summed E-state index contributed by atoms with van der Waals surface area (Å²) in [5.41, 5.74) is 1.90. The number of benzene rings is 2. The molecule has 0 fully saturated rings. The van der Waals surface area contributed by atoms with E-state index < -0.39 is 6.09 Å². The van der Waals surface area contributed by atoms with Crippen LogP contribution in [0.2, 0.25) is 0 Å². The molecule has 0 aromatic heterocycles. The second-order valence-corrected chi connectivity index (χ2v) is 4.35. The van der Waals surface area contributed by atoms with Crippen molar-refractivity contribution >= 4 is 11.8 Å². The summed E-state index contributed by atoms with van der Waals surface area (Å²) in [7, 11) is 0. The third kappa shape index (κ3) is 3.82. The molecule has 2 aromatic carbocycles. The molecule has 0 unspecified atom stereocenters. The van der Waals surface area contributed by atoms with Crippen molar-refractivity contribution in [3.8, 4) is 0 Å². The van der Waals surface area contributed by atoms with Crippen molar-refractivity contribution in [1.82, 2.24) is 0 Å². The molecule has 0 saturated carbocycles. The van der Waals surface area contributed by atoms with Crippen LogP contribution in [0.25, 0.3) is 0 Å². The number of ether oxygens (including phenoxy) is 1. The lowest BCUT2D eigenvalue weighted by molar-refractivity contribution is 0.155. The Hall–Kier alpha value is -2.36. The standard InChI is InChI=1S/C16H16FNO2/c1-2-13-8-9-14(10-15(13)17)18-16(19)20-11-12-6-4-3-5-7-12/h3-10H,2,11H2,1H3,(H,18,19). The predicted molar refractivity (Wildman–Crippen MR) is 76.0 cm³/mol. The van der Waals surface area contributed by atoms with Crippen LogP contribution in [0.15, 0.2) is 48.5 Å². The molecular formula is C16H16FNO2. The topological polar surface area (TPSA) is 38.3 Å². The van der Waals surface area contributed by atoms with Gasteiger partial charge in [0.1, 0.15) is 12.4 Å². The Balaban J connectivity index is 1.90. The Morgan fingerprint density at radius 3 is 2.60 bits per heavy atom. The Kier molecular flexibility index (Phi) is 4.71. The molecular weight excluding hydrogens is 257 g/mol. The van der Waals surface area contributed by atoms with Gasteiger partial charge in [-0.05, 0) is 29.7 Å². The van der Waals surface area contributed by atoms with Gasteiger partial charge in [0.05, 0.1) is 0 Å². The van der Waals surface area contributed by atoms with Crippen molar-refractivity contribution in [2.75, 3.05) is 5.32 Å². The zero-order chi connectivity index (χ0) is 14.4. The number of rotatable bonds is 4. The van der Waals surface area contributed by atoms with E-state index in [9.17, 15) is 9.18 Å². The second kappa shape index (κ2) is 6.70. The SMILES string of the molecule is CCc1ccc(NC(=O)OCc2ccccc2)cc1F. The normalized spacial score (nSPS) is 10.1. The van der Waals surface area contributed by atoms with E-state index in [-0.39, 0.29) is 12.4 Å². The number of halogens is 1. The molecule has 0 aliphatic heterocycles. The highest BCUT2D eigenvalue weighted by atomic mass is 19.1. The minimum Gasteiger partial charge on any atom is -0.444 e. The summed E-state index contributed by atoms with van der Waals surface area (Å²) in [6.07, 6.45) is 0.0161. The molecule has 2 rings (SSSR count). The van der Waals surface area contributed by atoms with Crippen molar-refractivity contribution in [2.24, 2.45) is 0 Å². The maximum Gasteiger partial charge on any atom is 0.411 e. The predicted octanol–water partition coefficient (Wildman–Crippen LogP) is 4.14. The van der Waals surface area contributed by atoms with Gasteiger partial charge in [0.2, 0.25) is 0 Å². The lowest BCUT2D eigenvalue weighted by Crippen LogP contribution is -2.13. The van der Waals surface area contributed by atoms with E-state index in [0.717, 1.165) is 5.56 Å². The van der Waals surface area contributed by atoms with Gasteiger partial charge in [-0.15, -0.1) is 0 Å². The third-order valence-corrected chi connectivity index (χ3v) is 2.89. The fourth-order valence-electron chi connectivity index (χ4n) is 1.79. The van der Waals surface area contributed by atoms with Crippen LogP contribution in [0.3, 0.4) is 0 Å². The van der Waals surface area contributed by atoms with E-state index in [0.29, 0.717) is 17.7 Å². The number of nitrogens with one attached hydrogen (secondary N) is 1. The summed E-state index contributed by atoms with van der Waals surface area (Å²) in [5, 5.41) is 2.50. The van der Waals surface area contributed by atoms with Crippen molar-refractivity contribution in [1.29, 1.82) is 0 Å². The molecule has 0 atom stereocenters. The molecule has 2 aromatic rings. The first-order chi connectivity index (χ1) is 9.69. The van der Waals surface area contributed by atoms with Gasteiger partial charge in [-0.3, -0.25) is 5.32 Å². The number of hydrogen-bond acceptors (Lipinski definition) is 2. The van der Waals surface area contributed by atoms with Gasteiger partial charge in [-0.2, -0.15) is 0 Å². The fraction of sp³-hybridized carbons (Fsp3) is 0.188. The quantitative estimate of drug-likeness (QED) is 0.909. The van der Waals surface area contributed by atoms with E-state index in [1.54, 1.807) is 12.1 Å². The Bertz CT molecular complexity index is 584. The molecule has 0 spiro atoms. The highest BCUT2D eigenvalue weighted by molar-refractivity contribution is 5.84. The lowest BCUT2D eigenvalue weighted by atomic mass is 10.1. The van der Waals surface area contributed by atoms with Crippen LogP contribution >= 0.6 is 0 Å². The van der Waals surface area contributed by atoms with Crippen molar-refractivity contribution < 1.29 is 13.9 Å². The third-order valence-electron chi connectivity index (χ3n) is 2.89. The van der Waals surface area contributed by atoms with Crippen LogP contribution in [0.5, 0.6) is 0 Å². The molecule has 1 N–H and O–H groups in total. The van der Waals surface area contributed by atoms with Crippen LogP contribution in [-0.2, 0) is 17.8 Å². The maximum absolute atomic E-state index is 13.6. The van der Waals surface area contributed by atoms with E-state index in [4.69, 9.17) is 4.74 Å². The second-order valence-electron chi connectivity index (χ2n) is 4.35. The molecule has 4 heteroatoms. The molecule has 0 heterocycles. The van der Waals surface area contributed by atoms with Gasteiger partial charge in [0, 0.05) is 5.69 Å². The lowest BCUT2D eigenvalue weighted by Gasteiger charge is -2.08. The van der Waals surface area contributed by atoms with E-state index >= 15 is 0 Å². The van der Waals surface area contributed by atoms with Crippen LogP contribution < -0.4 is 5.32 Å². The van der Waals surface area contributed by atoms with Crippen LogP contribution in [0.4, 0.5) is 14.9 Å². The number of carbonyl (C=O) groups excluding carboxylic acids is 1. The number of carbonyl (C=O) groups is 1. The van der Waals surface area contributed by atoms with Crippen molar-refractivity contribution in [2.45, 2.75) is 20.0 Å². The van der Waals surface area contributed by atoms with E-state index in [2.05, 4.69) is 5.32 Å². The molecule has 0 aliphatic rings. The smallest absolute Gasteiger partial charge is 0.411 e. The van der Waals surface area contributed by atoms with Gasteiger partial charge < -0.3 is 4.74 Å². The average molecular weight is 273 g/mol. The summed E-state index contributed by atoms with van der Waals surface area (Å²) in [6.45, 7) is 2.06. The summed E-state index contributed by atoms with van der Waals surface area (Å²) < 4.78 is 18.6. The van der Waals surface area contributed by atoms with Crippen molar-refractivity contribution in [3.63, 3.8) is 0 Å². The van der Waals surface area contributed by atoms with Gasteiger partial charge >= 0.3 is 6.09 Å². The summed E-state index contributed by atoms with van der Waals surface area (Å²) in [4.78, 5) is 11.6. The zero-order valence-corrected chi connectivity index (χ0v) is 11.2. The summed E-state index contributed by atoms with van der Waals surface area (Å²) in [5.74, 6) is -0.326. The summed E-state index contributed by atoms with van der Waals surface area (Å²) in [6, 6.07) is 14.0. The number of anilines is 1. The largest absolute Gasteiger partial charge is 0.444 e. The minimum atomic E-state index is -0.600. The Morgan fingerprint density at radius 2 is 1.95 bits per heavy atom. The molecule has 0 radical (unpaired) electrons. The zero-order valence-electron chi connectivity index (χ0n) is 11.2. The number of amides is 1. The van der Waals surface area contributed by atoms with Crippen LogP contribution in [-0.4, -0.2) is 6.09 Å². The van der Waals surface area contributed by atoms with Gasteiger partial charge in [-0.1, -0.05) is 43.3 Å². The molecule has 1 amide bonds. The molecule has 0 aliphatic carbocycles. The van der Waals surface area contributed by atoms with Crippen LogP contribution in [0.1, 0.15) is 18.1 Å². The summed E-state index contributed by atoms with van der Waals surface area (Å²) >= 11 is 0. The highest BCUT2D eigenvalue weighted by Crippen LogP contribution is 2.15. The first-order valence-corrected chi connectivity index (χ1v) is 6.45. The highest BCUT2D eigenvalue weighted by Gasteiger charge is 2.06. The van der Waals surface area contributed by atoms with E-state index in [1.807, 2.05) is 37.3 Å². The average Bonchev–Trinajstić information content (AvgIpc) is 2.46. The number of aryl methyl sites for hydroxylation is 1. The first kappa shape index (κ1) is 14.1. The Morgan fingerprint density at radius 1 is 1.20 bits per heavy atom.